The summed E-state index contributed by atoms with van der Waals surface area (Å²) in [6.07, 6.45) is 3.29. The van der Waals surface area contributed by atoms with Crippen molar-refractivity contribution in [1.82, 2.24) is 9.71 Å². The zero-order valence-corrected chi connectivity index (χ0v) is 8.04. The Morgan fingerprint density at radius 3 is 3.00 bits per heavy atom. The highest BCUT2D eigenvalue weighted by Crippen LogP contribution is 2.31. The fraction of sp³-hybridized carbons (Fsp3) is 0.125. The van der Waals surface area contributed by atoms with Crippen LogP contribution in [0.5, 0.6) is 0 Å². The number of fused-ring (bicyclic) bond motifs is 1. The molecule has 0 atom stereocenters. The van der Waals surface area contributed by atoms with Crippen LogP contribution in [0.4, 0.5) is 0 Å². The molecular formula is C8H7BrN2O. The number of halogens is 1. The molecule has 0 unspecified atom stereocenters. The Hall–Kier alpha value is -1.03. The van der Waals surface area contributed by atoms with E-state index in [1.54, 1.807) is 18.5 Å². The van der Waals surface area contributed by atoms with Gasteiger partial charge in [-0.2, -0.15) is 4.73 Å². The molecule has 0 spiro atoms. The summed E-state index contributed by atoms with van der Waals surface area (Å²) in [5, 5.41) is 9.34. The highest BCUT2D eigenvalue weighted by Gasteiger charge is 2.14. The van der Waals surface area contributed by atoms with Crippen LogP contribution in [0.3, 0.4) is 0 Å². The van der Waals surface area contributed by atoms with Crippen molar-refractivity contribution in [2.75, 3.05) is 0 Å². The third-order valence-corrected chi connectivity index (χ3v) is 2.48. The van der Waals surface area contributed by atoms with Gasteiger partial charge in [0.05, 0.1) is 0 Å². The van der Waals surface area contributed by atoms with E-state index in [4.69, 9.17) is 0 Å². The lowest BCUT2D eigenvalue weighted by Gasteiger charge is -2.05. The third-order valence-electron chi connectivity index (χ3n) is 1.82. The van der Waals surface area contributed by atoms with Crippen molar-refractivity contribution in [3.63, 3.8) is 0 Å². The van der Waals surface area contributed by atoms with Crippen LogP contribution in [0.2, 0.25) is 0 Å². The molecular weight excluding hydrogens is 220 g/mol. The largest absolute Gasteiger partial charge is 0.427 e. The summed E-state index contributed by atoms with van der Waals surface area (Å²) in [6, 6.07) is 1.79. The predicted octanol–water partition coefficient (Wildman–Crippen LogP) is 2.30. The van der Waals surface area contributed by atoms with E-state index in [-0.39, 0.29) is 0 Å². The average Bonchev–Trinajstić information content (AvgIpc) is 2.42. The van der Waals surface area contributed by atoms with Gasteiger partial charge in [-0.15, -0.1) is 0 Å². The quantitative estimate of drug-likeness (QED) is 0.701. The van der Waals surface area contributed by atoms with E-state index in [2.05, 4.69) is 20.9 Å². The highest BCUT2D eigenvalue weighted by atomic mass is 79.9. The van der Waals surface area contributed by atoms with Crippen LogP contribution in [-0.4, -0.2) is 14.9 Å². The molecule has 0 saturated carbocycles. The van der Waals surface area contributed by atoms with Crippen LogP contribution in [0.25, 0.3) is 11.4 Å². The second-order valence-electron chi connectivity index (χ2n) is 2.65. The van der Waals surface area contributed by atoms with Crippen LogP contribution in [-0.2, 0) is 0 Å². The number of rotatable bonds is 0. The molecule has 0 bridgehead atoms. The summed E-state index contributed by atoms with van der Waals surface area (Å²) in [7, 11) is 0. The molecule has 3 nitrogen and oxygen atoms in total. The fourth-order valence-electron chi connectivity index (χ4n) is 1.22. The van der Waals surface area contributed by atoms with Gasteiger partial charge >= 0.3 is 0 Å². The zero-order chi connectivity index (χ0) is 8.72. The van der Waals surface area contributed by atoms with Gasteiger partial charge in [-0.1, -0.05) is 0 Å². The van der Waals surface area contributed by atoms with Gasteiger partial charge in [-0.3, -0.25) is 0 Å². The van der Waals surface area contributed by atoms with Crippen LogP contribution in [0.15, 0.2) is 22.9 Å². The average molecular weight is 227 g/mol. The number of hydrogen-bond acceptors (Lipinski definition) is 2. The van der Waals surface area contributed by atoms with E-state index in [1.165, 1.54) is 0 Å². The lowest BCUT2D eigenvalue weighted by atomic mass is 10.2. The number of pyridine rings is 1. The Morgan fingerprint density at radius 2 is 2.33 bits per heavy atom. The lowest BCUT2D eigenvalue weighted by molar-refractivity contribution is 0.186. The van der Waals surface area contributed by atoms with Crippen molar-refractivity contribution < 1.29 is 5.21 Å². The van der Waals surface area contributed by atoms with Gasteiger partial charge in [0.2, 0.25) is 0 Å². The van der Waals surface area contributed by atoms with Crippen molar-refractivity contribution >= 4 is 15.9 Å². The summed E-state index contributed by atoms with van der Waals surface area (Å²) in [6.45, 7) is 1.96. The van der Waals surface area contributed by atoms with Gasteiger partial charge in [-0.25, -0.2) is 4.98 Å². The number of hydrogen-bond donors (Lipinski definition) is 1. The maximum Gasteiger partial charge on any atom is 0.176 e. The maximum absolute atomic E-state index is 9.34. The Bertz CT molecular complexity index is 397. The topological polar surface area (TPSA) is 38.0 Å². The van der Waals surface area contributed by atoms with Crippen molar-refractivity contribution in [1.29, 1.82) is 0 Å². The fourth-order valence-corrected chi connectivity index (χ4v) is 1.83. The molecule has 0 aromatic rings. The number of nitrogens with zero attached hydrogens (tertiary/aromatic N) is 2. The van der Waals surface area contributed by atoms with Crippen LogP contribution < -0.4 is 0 Å². The van der Waals surface area contributed by atoms with Gasteiger partial charge in [0.15, 0.2) is 5.82 Å². The highest BCUT2D eigenvalue weighted by molar-refractivity contribution is 9.10. The standard InChI is InChI=1S/C8H7BrN2O/c1-5-4-10-8-7(5)6(9)2-3-11(8)12/h2-4,12H,1H3. The molecule has 4 heteroatoms. The minimum Gasteiger partial charge on any atom is -0.427 e. The molecule has 12 heavy (non-hydrogen) atoms. The first-order valence-electron chi connectivity index (χ1n) is 3.51. The molecule has 62 valence electrons. The Labute approximate surface area is 78.1 Å². The second-order valence-corrected chi connectivity index (χ2v) is 3.50. The minimum absolute atomic E-state index is 0.585. The molecule has 0 saturated heterocycles. The minimum atomic E-state index is 0.585. The molecule has 0 fully saturated rings. The molecule has 0 radical (unpaired) electrons. The van der Waals surface area contributed by atoms with E-state index >= 15 is 0 Å². The molecule has 2 heterocycles. The normalized spacial score (nSPS) is 10.8. The van der Waals surface area contributed by atoms with Crippen molar-refractivity contribution in [3.05, 3.63) is 28.5 Å². The summed E-state index contributed by atoms with van der Waals surface area (Å²) in [5.41, 5.74) is 2.01. The Balaban J connectivity index is 2.84. The first kappa shape index (κ1) is 7.61. The van der Waals surface area contributed by atoms with Gasteiger partial charge < -0.3 is 5.21 Å². The molecule has 2 aliphatic rings. The monoisotopic (exact) mass is 226 g/mol. The molecule has 0 aromatic heterocycles. The zero-order valence-electron chi connectivity index (χ0n) is 6.45. The van der Waals surface area contributed by atoms with Gasteiger partial charge in [0.25, 0.3) is 0 Å². The summed E-state index contributed by atoms with van der Waals surface area (Å²) >= 11 is 3.40. The Morgan fingerprint density at radius 1 is 1.58 bits per heavy atom. The van der Waals surface area contributed by atoms with E-state index in [1.807, 2.05) is 6.92 Å². The SMILES string of the molecule is Cc1cnc2n(O)ccc(Br)c1-2. The van der Waals surface area contributed by atoms with Crippen LogP contribution >= 0.6 is 15.9 Å². The molecule has 2 aliphatic heterocycles. The molecule has 0 aromatic carbocycles. The van der Waals surface area contributed by atoms with Crippen LogP contribution in [0.1, 0.15) is 5.56 Å². The lowest BCUT2D eigenvalue weighted by Crippen LogP contribution is -1.98. The second kappa shape index (κ2) is 2.48. The molecule has 2 rings (SSSR count). The van der Waals surface area contributed by atoms with Crippen LogP contribution in [0, 0.1) is 6.92 Å². The summed E-state index contributed by atoms with van der Waals surface area (Å²) < 4.78 is 1.98. The van der Waals surface area contributed by atoms with Gasteiger partial charge in [0, 0.05) is 22.4 Å². The molecule has 1 N–H and O–H groups in total. The van der Waals surface area contributed by atoms with Gasteiger partial charge in [-0.05, 0) is 34.5 Å². The van der Waals surface area contributed by atoms with E-state index in [9.17, 15) is 5.21 Å². The van der Waals surface area contributed by atoms with E-state index in [0.29, 0.717) is 5.82 Å². The van der Waals surface area contributed by atoms with E-state index in [0.717, 1.165) is 20.3 Å². The first-order chi connectivity index (χ1) is 5.70. The summed E-state index contributed by atoms with van der Waals surface area (Å²) in [5.74, 6) is 0.585. The van der Waals surface area contributed by atoms with E-state index < -0.39 is 0 Å². The third kappa shape index (κ3) is 0.914. The predicted molar refractivity (Wildman–Crippen MR) is 48.5 cm³/mol. The molecule has 0 amide bonds. The smallest absolute Gasteiger partial charge is 0.176 e. The Kier molecular flexibility index (Phi) is 1.58. The van der Waals surface area contributed by atoms with Crippen molar-refractivity contribution in [2.45, 2.75) is 6.92 Å². The van der Waals surface area contributed by atoms with Crippen molar-refractivity contribution in [3.8, 4) is 11.4 Å². The first-order valence-corrected chi connectivity index (χ1v) is 4.31. The number of aryl methyl sites for hydroxylation is 1. The van der Waals surface area contributed by atoms with Gasteiger partial charge in [0.1, 0.15) is 0 Å². The van der Waals surface area contributed by atoms with Crippen molar-refractivity contribution in [2.24, 2.45) is 0 Å². The molecule has 0 aliphatic carbocycles. The number of aromatic nitrogens is 2. The summed E-state index contributed by atoms with van der Waals surface area (Å²) in [4.78, 5) is 4.06. The maximum atomic E-state index is 9.34.